The van der Waals surface area contributed by atoms with Crippen LogP contribution in [-0.4, -0.2) is 11.1 Å². The highest BCUT2D eigenvalue weighted by molar-refractivity contribution is 5.66. The molecule has 0 aromatic heterocycles. The van der Waals surface area contributed by atoms with E-state index in [0.717, 1.165) is 12.8 Å². The maximum atomic E-state index is 10.4. The lowest BCUT2D eigenvalue weighted by molar-refractivity contribution is -0.137. The van der Waals surface area contributed by atoms with Crippen molar-refractivity contribution in [2.24, 2.45) is 0 Å². The summed E-state index contributed by atoms with van der Waals surface area (Å²) >= 11 is 0. The largest absolute Gasteiger partial charge is 0.481 e. The lowest BCUT2D eigenvalue weighted by Crippen LogP contribution is -1.93. The van der Waals surface area contributed by atoms with Gasteiger partial charge in [0, 0.05) is 6.42 Å². The number of carboxylic acids is 1. The van der Waals surface area contributed by atoms with Gasteiger partial charge in [-0.1, -0.05) is 108 Å². The fourth-order valence-corrected chi connectivity index (χ4v) is 3.81. The SMILES string of the molecule is CCCCCCCC/C=C\CCCCCCC/C=C/CCCCCCCCC(=O)O. The summed E-state index contributed by atoms with van der Waals surface area (Å²) in [6.07, 6.45) is 37.0. The number of aliphatic carboxylic acids is 1. The van der Waals surface area contributed by atoms with Crippen molar-refractivity contribution < 1.29 is 9.90 Å². The van der Waals surface area contributed by atoms with Crippen molar-refractivity contribution in [2.45, 2.75) is 148 Å². The van der Waals surface area contributed by atoms with Gasteiger partial charge in [-0.15, -0.1) is 0 Å². The number of hydrogen-bond acceptors (Lipinski definition) is 1. The molecule has 0 aromatic rings. The Bertz CT molecular complexity index is 397. The first-order chi connectivity index (χ1) is 14.8. The van der Waals surface area contributed by atoms with Crippen molar-refractivity contribution in [1.82, 2.24) is 0 Å². The second kappa shape index (κ2) is 26.0. The molecule has 176 valence electrons. The van der Waals surface area contributed by atoms with Crippen LogP contribution in [0, 0.1) is 0 Å². The Labute approximate surface area is 188 Å². The van der Waals surface area contributed by atoms with Crippen molar-refractivity contribution in [3.05, 3.63) is 24.3 Å². The van der Waals surface area contributed by atoms with Gasteiger partial charge in [0.15, 0.2) is 0 Å². The third-order valence-corrected chi connectivity index (χ3v) is 5.81. The van der Waals surface area contributed by atoms with E-state index in [1.165, 1.54) is 122 Å². The molecule has 0 spiro atoms. The summed E-state index contributed by atoms with van der Waals surface area (Å²) in [7, 11) is 0. The van der Waals surface area contributed by atoms with Crippen LogP contribution in [0.1, 0.15) is 148 Å². The third-order valence-electron chi connectivity index (χ3n) is 5.81. The summed E-state index contributed by atoms with van der Waals surface area (Å²) in [6.45, 7) is 2.28. The second-order valence-corrected chi connectivity index (χ2v) is 8.90. The first kappa shape index (κ1) is 28.9. The van der Waals surface area contributed by atoms with Crippen molar-refractivity contribution >= 4 is 5.97 Å². The minimum absolute atomic E-state index is 0.332. The number of carbonyl (C=O) groups is 1. The monoisotopic (exact) mass is 420 g/mol. The molecular weight excluding hydrogens is 368 g/mol. The third kappa shape index (κ3) is 27.0. The van der Waals surface area contributed by atoms with Crippen LogP contribution in [0.5, 0.6) is 0 Å². The molecule has 0 radical (unpaired) electrons. The molecule has 0 fully saturated rings. The zero-order chi connectivity index (χ0) is 22.0. The van der Waals surface area contributed by atoms with Crippen LogP contribution >= 0.6 is 0 Å². The second-order valence-electron chi connectivity index (χ2n) is 8.90. The maximum absolute atomic E-state index is 10.4. The van der Waals surface area contributed by atoms with Gasteiger partial charge in [0.25, 0.3) is 0 Å². The Kier molecular flexibility index (Phi) is 25.1. The lowest BCUT2D eigenvalue weighted by atomic mass is 10.1. The van der Waals surface area contributed by atoms with Gasteiger partial charge in [0.2, 0.25) is 0 Å². The summed E-state index contributed by atoms with van der Waals surface area (Å²) in [5.41, 5.74) is 0. The molecule has 2 heteroatoms. The Balaban J connectivity index is 3.14. The van der Waals surface area contributed by atoms with E-state index in [9.17, 15) is 4.79 Å². The fourth-order valence-electron chi connectivity index (χ4n) is 3.81. The van der Waals surface area contributed by atoms with Crippen LogP contribution in [-0.2, 0) is 4.79 Å². The molecule has 0 aromatic carbocycles. The Morgan fingerprint density at radius 2 is 0.800 bits per heavy atom. The molecule has 0 aliphatic rings. The molecule has 0 aliphatic heterocycles. The predicted molar refractivity (Wildman–Crippen MR) is 133 cm³/mol. The molecule has 2 nitrogen and oxygen atoms in total. The zero-order valence-corrected chi connectivity index (χ0v) is 20.2. The number of rotatable bonds is 24. The van der Waals surface area contributed by atoms with E-state index in [0.29, 0.717) is 6.42 Å². The number of carboxylic acid groups (broad SMARTS) is 1. The first-order valence-corrected chi connectivity index (χ1v) is 13.3. The summed E-state index contributed by atoms with van der Waals surface area (Å²) < 4.78 is 0. The Hall–Kier alpha value is -1.05. The average molecular weight is 421 g/mol. The molecule has 30 heavy (non-hydrogen) atoms. The van der Waals surface area contributed by atoms with E-state index in [4.69, 9.17) is 5.11 Å². The van der Waals surface area contributed by atoms with E-state index < -0.39 is 5.97 Å². The van der Waals surface area contributed by atoms with Gasteiger partial charge < -0.3 is 5.11 Å². The zero-order valence-electron chi connectivity index (χ0n) is 20.2. The number of unbranched alkanes of at least 4 members (excludes halogenated alkanes) is 18. The summed E-state index contributed by atoms with van der Waals surface area (Å²) in [5, 5.41) is 8.59. The van der Waals surface area contributed by atoms with Crippen LogP contribution < -0.4 is 0 Å². The van der Waals surface area contributed by atoms with Gasteiger partial charge in [-0.25, -0.2) is 0 Å². The molecule has 0 amide bonds. The van der Waals surface area contributed by atoms with Crippen molar-refractivity contribution in [1.29, 1.82) is 0 Å². The molecule has 0 saturated heterocycles. The van der Waals surface area contributed by atoms with Gasteiger partial charge in [-0.3, -0.25) is 4.79 Å². The van der Waals surface area contributed by atoms with Gasteiger partial charge in [0.05, 0.1) is 0 Å². The van der Waals surface area contributed by atoms with Gasteiger partial charge in [-0.2, -0.15) is 0 Å². The molecule has 0 saturated carbocycles. The maximum Gasteiger partial charge on any atom is 0.303 e. The molecular formula is C28H52O2. The van der Waals surface area contributed by atoms with Gasteiger partial charge in [-0.05, 0) is 57.8 Å². The van der Waals surface area contributed by atoms with Crippen molar-refractivity contribution in [2.75, 3.05) is 0 Å². The molecule has 0 heterocycles. The lowest BCUT2D eigenvalue weighted by Gasteiger charge is -2.00. The highest BCUT2D eigenvalue weighted by atomic mass is 16.4. The minimum atomic E-state index is -0.661. The van der Waals surface area contributed by atoms with Gasteiger partial charge in [0.1, 0.15) is 0 Å². The standard InChI is InChI=1S/C28H52O2/c1-2-3-4-5-6-7-8-9-10-11-12-13-14-15-16-17-18-19-20-21-22-23-24-25-26-27-28(29)30/h9-10,18-19H,2-8,11-17,20-27H2,1H3,(H,29,30)/b10-9-,19-18+. The van der Waals surface area contributed by atoms with Crippen LogP contribution in [0.15, 0.2) is 24.3 Å². The van der Waals surface area contributed by atoms with E-state index in [1.54, 1.807) is 0 Å². The fraction of sp³-hybridized carbons (Fsp3) is 0.821. The Morgan fingerprint density at radius 3 is 1.13 bits per heavy atom. The average Bonchev–Trinajstić information content (AvgIpc) is 2.73. The van der Waals surface area contributed by atoms with Crippen LogP contribution in [0.25, 0.3) is 0 Å². The molecule has 0 unspecified atom stereocenters. The molecule has 0 bridgehead atoms. The van der Waals surface area contributed by atoms with Crippen LogP contribution in [0.4, 0.5) is 0 Å². The molecule has 0 rings (SSSR count). The number of hydrogen-bond donors (Lipinski definition) is 1. The molecule has 0 aliphatic carbocycles. The van der Waals surface area contributed by atoms with Crippen LogP contribution in [0.3, 0.4) is 0 Å². The van der Waals surface area contributed by atoms with E-state index >= 15 is 0 Å². The highest BCUT2D eigenvalue weighted by Crippen LogP contribution is 2.11. The van der Waals surface area contributed by atoms with Crippen LogP contribution in [0.2, 0.25) is 0 Å². The Morgan fingerprint density at radius 1 is 0.500 bits per heavy atom. The first-order valence-electron chi connectivity index (χ1n) is 13.3. The van der Waals surface area contributed by atoms with Crippen molar-refractivity contribution in [3.8, 4) is 0 Å². The predicted octanol–water partition coefficient (Wildman–Crippen LogP) is 9.79. The normalized spacial score (nSPS) is 11.8. The highest BCUT2D eigenvalue weighted by Gasteiger charge is 1.96. The number of allylic oxidation sites excluding steroid dienone is 4. The van der Waals surface area contributed by atoms with E-state index in [-0.39, 0.29) is 0 Å². The smallest absolute Gasteiger partial charge is 0.303 e. The quantitative estimate of drug-likeness (QED) is 0.125. The van der Waals surface area contributed by atoms with Gasteiger partial charge >= 0.3 is 5.97 Å². The topological polar surface area (TPSA) is 37.3 Å². The summed E-state index contributed by atoms with van der Waals surface area (Å²) in [5.74, 6) is -0.661. The molecule has 1 N–H and O–H groups in total. The minimum Gasteiger partial charge on any atom is -0.481 e. The summed E-state index contributed by atoms with van der Waals surface area (Å²) in [4.78, 5) is 10.4. The summed E-state index contributed by atoms with van der Waals surface area (Å²) in [6, 6.07) is 0. The molecule has 0 atom stereocenters. The van der Waals surface area contributed by atoms with E-state index in [2.05, 4.69) is 31.2 Å². The van der Waals surface area contributed by atoms with E-state index in [1.807, 2.05) is 0 Å². The van der Waals surface area contributed by atoms with Crippen molar-refractivity contribution in [3.63, 3.8) is 0 Å².